The first kappa shape index (κ1) is 23.0. The van der Waals surface area contributed by atoms with Gasteiger partial charge in [0.25, 0.3) is 0 Å². The molecule has 0 radical (unpaired) electrons. The van der Waals surface area contributed by atoms with Crippen molar-refractivity contribution in [2.75, 3.05) is 0 Å². The van der Waals surface area contributed by atoms with Gasteiger partial charge in [0.15, 0.2) is 0 Å². The van der Waals surface area contributed by atoms with E-state index < -0.39 is 0 Å². The Labute approximate surface area is 170 Å². The molecule has 0 N–H and O–H groups in total. The number of ether oxygens (including phenoxy) is 1. The van der Waals surface area contributed by atoms with Crippen molar-refractivity contribution in [2.24, 2.45) is 5.41 Å². The van der Waals surface area contributed by atoms with E-state index in [1.807, 2.05) is 36.6 Å². The summed E-state index contributed by atoms with van der Waals surface area (Å²) in [5.74, 6) is 0.872. The third kappa shape index (κ3) is 10.2. The molecule has 0 aromatic heterocycles. The fraction of sp³-hybridized carbons (Fsp3) is 0.391. The SMILES string of the molecule is CC(C)=CC(=COc1ccccc1)C(C)(C)C.C[SiH](C)[Ti][C]1=CC=CC1. The monoisotopic (exact) mass is 402 g/mol. The normalized spacial score (nSPS) is 13.7. The maximum absolute atomic E-state index is 5.69. The van der Waals surface area contributed by atoms with Gasteiger partial charge in [-0.3, -0.25) is 0 Å². The van der Waals surface area contributed by atoms with Crippen molar-refractivity contribution in [1.29, 1.82) is 0 Å². The minimum atomic E-state index is -0.207. The summed E-state index contributed by atoms with van der Waals surface area (Å²) in [5, 5.41) is 0. The molecule has 0 amide bonds. The number of hydrogen-bond donors (Lipinski definition) is 0. The Morgan fingerprint density at radius 1 is 1.12 bits per heavy atom. The van der Waals surface area contributed by atoms with Gasteiger partial charge in [0.2, 0.25) is 0 Å². The Morgan fingerprint density at radius 3 is 2.23 bits per heavy atom. The summed E-state index contributed by atoms with van der Waals surface area (Å²) in [6.45, 7) is 15.5. The summed E-state index contributed by atoms with van der Waals surface area (Å²) in [6, 6.07) is 9.84. The summed E-state index contributed by atoms with van der Waals surface area (Å²) in [7, 11) is 0. The van der Waals surface area contributed by atoms with E-state index in [1.54, 1.807) is 3.88 Å². The Bertz CT molecular complexity index is 657. The second kappa shape index (κ2) is 11.6. The van der Waals surface area contributed by atoms with Gasteiger partial charge < -0.3 is 4.74 Å². The van der Waals surface area contributed by atoms with Crippen molar-refractivity contribution in [3.05, 3.63) is 75.9 Å². The van der Waals surface area contributed by atoms with Gasteiger partial charge in [0.1, 0.15) is 5.75 Å². The van der Waals surface area contributed by atoms with Gasteiger partial charge in [-0.25, -0.2) is 0 Å². The Kier molecular flexibility index (Phi) is 10.2. The van der Waals surface area contributed by atoms with Crippen LogP contribution >= 0.6 is 0 Å². The van der Waals surface area contributed by atoms with Crippen LogP contribution in [0.4, 0.5) is 0 Å². The topological polar surface area (TPSA) is 9.23 Å². The first-order chi connectivity index (χ1) is 12.2. The summed E-state index contributed by atoms with van der Waals surface area (Å²) in [6.07, 6.45) is 12.1. The van der Waals surface area contributed by atoms with Gasteiger partial charge >= 0.3 is 66.7 Å². The van der Waals surface area contributed by atoms with E-state index in [2.05, 4.69) is 72.0 Å². The molecular weight excluding hydrogens is 368 g/mol. The summed E-state index contributed by atoms with van der Waals surface area (Å²) >= 11 is 0.375. The summed E-state index contributed by atoms with van der Waals surface area (Å²) in [5.41, 5.74) is 2.57. The van der Waals surface area contributed by atoms with Gasteiger partial charge in [-0.1, -0.05) is 50.6 Å². The molecule has 0 saturated carbocycles. The fourth-order valence-corrected chi connectivity index (χ4v) is 8.06. The van der Waals surface area contributed by atoms with Gasteiger partial charge in [-0.15, -0.1) is 0 Å². The van der Waals surface area contributed by atoms with Crippen LogP contribution in [0.15, 0.2) is 75.9 Å². The number of allylic oxidation sites excluding steroid dienone is 7. The molecule has 2 rings (SSSR count). The predicted octanol–water partition coefficient (Wildman–Crippen LogP) is 6.86. The molecule has 0 heterocycles. The van der Waals surface area contributed by atoms with Crippen molar-refractivity contribution in [3.63, 3.8) is 0 Å². The standard InChI is InChI=1S/C16H22O.C5H5.C2H7Si.Ti/c1-13(2)11-14(16(3,4)5)12-17-15-9-7-6-8-10-15;1-2-4-5-3-1;1-3-2;/h6-12H,1-5H3;1-3H,4H2;3H,1-2H3;. The molecule has 1 aromatic carbocycles. The molecule has 1 aromatic rings. The Balaban J connectivity index is 0.000000314. The molecule has 1 nitrogen and oxygen atoms in total. The second-order valence-corrected chi connectivity index (χ2v) is 18.5. The fourth-order valence-electron chi connectivity index (χ4n) is 2.29. The molecule has 140 valence electrons. The maximum atomic E-state index is 5.69. The van der Waals surface area contributed by atoms with E-state index in [1.165, 1.54) is 17.6 Å². The Morgan fingerprint density at radius 2 is 1.77 bits per heavy atom. The van der Waals surface area contributed by atoms with E-state index >= 15 is 0 Å². The molecule has 0 bridgehead atoms. The van der Waals surface area contributed by atoms with Crippen LogP contribution < -0.4 is 4.74 Å². The zero-order valence-corrected chi connectivity index (χ0v) is 20.2. The second-order valence-electron chi connectivity index (χ2n) is 8.10. The molecule has 1 aliphatic rings. The number of hydrogen-bond acceptors (Lipinski definition) is 1. The molecule has 1 aliphatic carbocycles. The molecule has 0 fully saturated rings. The third-order valence-electron chi connectivity index (χ3n) is 3.62. The van der Waals surface area contributed by atoms with Crippen LogP contribution in [0.2, 0.25) is 13.1 Å². The summed E-state index contributed by atoms with van der Waals surface area (Å²) in [4.78, 5) is 0. The van der Waals surface area contributed by atoms with Crippen molar-refractivity contribution in [2.45, 2.75) is 54.1 Å². The van der Waals surface area contributed by atoms with Crippen LogP contribution in [0, 0.1) is 5.41 Å². The van der Waals surface area contributed by atoms with Crippen LogP contribution in [-0.2, 0) is 18.4 Å². The molecule has 0 saturated heterocycles. The number of para-hydroxylation sites is 1. The van der Waals surface area contributed by atoms with E-state index in [9.17, 15) is 0 Å². The first-order valence-corrected chi connectivity index (χ1v) is 15.7. The van der Waals surface area contributed by atoms with Crippen LogP contribution in [-0.4, -0.2) is 6.66 Å². The van der Waals surface area contributed by atoms with Crippen LogP contribution in [0.25, 0.3) is 0 Å². The van der Waals surface area contributed by atoms with E-state index in [4.69, 9.17) is 4.74 Å². The number of rotatable bonds is 5. The third-order valence-corrected chi connectivity index (χ3v) is 9.59. The number of benzene rings is 1. The molecule has 0 unspecified atom stereocenters. The van der Waals surface area contributed by atoms with E-state index in [-0.39, 0.29) is 12.1 Å². The average molecular weight is 402 g/mol. The Hall–Kier alpha value is -1.09. The van der Waals surface area contributed by atoms with Gasteiger partial charge in [-0.05, 0) is 37.0 Å². The molecule has 26 heavy (non-hydrogen) atoms. The van der Waals surface area contributed by atoms with Gasteiger partial charge in [-0.2, -0.15) is 0 Å². The van der Waals surface area contributed by atoms with Gasteiger partial charge in [0.05, 0.1) is 6.26 Å². The molecule has 0 spiro atoms. The van der Waals surface area contributed by atoms with Crippen molar-refractivity contribution in [3.8, 4) is 5.75 Å². The molecule has 3 heteroatoms. The average Bonchev–Trinajstić information content (AvgIpc) is 3.04. The zero-order chi connectivity index (χ0) is 19.6. The van der Waals surface area contributed by atoms with Crippen molar-refractivity contribution in [1.82, 2.24) is 0 Å². The van der Waals surface area contributed by atoms with Crippen LogP contribution in [0.5, 0.6) is 5.75 Å². The van der Waals surface area contributed by atoms with Crippen molar-refractivity contribution >= 4 is 6.66 Å². The molecule has 0 aliphatic heterocycles. The minimum absolute atomic E-state index is 0.0893. The zero-order valence-electron chi connectivity index (χ0n) is 17.5. The molecular formula is C23H34OSiTi. The van der Waals surface area contributed by atoms with E-state index in [0.717, 1.165) is 5.75 Å². The van der Waals surface area contributed by atoms with Gasteiger partial charge in [0, 0.05) is 0 Å². The molecule has 0 atom stereocenters. The van der Waals surface area contributed by atoms with Crippen molar-refractivity contribution < 1.29 is 23.1 Å². The first-order valence-electron chi connectivity index (χ1n) is 9.38. The summed E-state index contributed by atoms with van der Waals surface area (Å²) < 4.78 is 7.46. The van der Waals surface area contributed by atoms with Crippen LogP contribution in [0.3, 0.4) is 0 Å². The van der Waals surface area contributed by atoms with E-state index in [0.29, 0.717) is 18.4 Å². The predicted molar refractivity (Wildman–Crippen MR) is 115 cm³/mol. The quantitative estimate of drug-likeness (QED) is 0.297. The van der Waals surface area contributed by atoms with Crippen LogP contribution in [0.1, 0.15) is 41.0 Å².